The van der Waals surface area contributed by atoms with Crippen LogP contribution < -0.4 is 10.3 Å². The van der Waals surface area contributed by atoms with Gasteiger partial charge in [0.05, 0.1) is 11.5 Å². The first-order chi connectivity index (χ1) is 18.8. The Labute approximate surface area is 233 Å². The molecule has 1 unspecified atom stereocenters. The van der Waals surface area contributed by atoms with E-state index in [9.17, 15) is 18.0 Å². The number of benzene rings is 1. The molecule has 4 aliphatic rings. The van der Waals surface area contributed by atoms with Crippen molar-refractivity contribution in [3.63, 3.8) is 0 Å². The van der Waals surface area contributed by atoms with Gasteiger partial charge in [-0.3, -0.25) is 4.79 Å². The van der Waals surface area contributed by atoms with Crippen LogP contribution in [0.4, 0.5) is 13.2 Å². The summed E-state index contributed by atoms with van der Waals surface area (Å²) in [5, 5.41) is 4.15. The number of carbonyl (C=O) groups excluding carboxylic acids is 1. The average Bonchev–Trinajstić information content (AvgIpc) is 3.36. The number of likely N-dealkylation sites (tertiary alicyclic amines) is 1. The SMILES string of the molecule is O=C([C@@H]1CNC[C@]12CCCc1[nH+]c(Cl)ccc12)N1CCC(c2ccccc2C(F)(F)F)C[C@H]1C1CCCCC1. The Kier molecular flexibility index (Phi) is 7.42. The standard InChI is InChI=1S/C31H37ClF3N3O/c32-28-13-12-24-26(37-28)11-6-15-30(24)19-36-18-25(30)29(39)38-16-14-21(17-27(38)20-7-2-1-3-8-20)22-9-4-5-10-23(22)31(33,34)35/h4-5,9-10,12-13,20-21,25,27,36H,1-3,6-8,11,14-19H2/p+1/t21?,25-,27-,30-/m0/s1. The summed E-state index contributed by atoms with van der Waals surface area (Å²) in [5.41, 5.74) is 1.92. The Bertz CT molecular complexity index is 1210. The molecule has 39 heavy (non-hydrogen) atoms. The van der Waals surface area contributed by atoms with Crippen molar-refractivity contribution in [2.75, 3.05) is 19.6 Å². The van der Waals surface area contributed by atoms with E-state index in [1.54, 1.807) is 12.1 Å². The maximum atomic E-state index is 14.5. The number of rotatable bonds is 3. The van der Waals surface area contributed by atoms with Crippen molar-refractivity contribution in [1.82, 2.24) is 10.2 Å². The van der Waals surface area contributed by atoms with E-state index in [0.29, 0.717) is 42.6 Å². The Morgan fingerprint density at radius 2 is 1.85 bits per heavy atom. The number of aromatic amines is 1. The number of fused-ring (bicyclic) bond motifs is 2. The first-order valence-corrected chi connectivity index (χ1v) is 15.0. The topological polar surface area (TPSA) is 46.5 Å². The number of pyridine rings is 1. The molecule has 1 aromatic carbocycles. The molecule has 2 N–H and O–H groups in total. The fourth-order valence-electron chi connectivity index (χ4n) is 8.35. The number of carbonyl (C=O) groups is 1. The van der Waals surface area contributed by atoms with E-state index in [2.05, 4.69) is 21.3 Å². The van der Waals surface area contributed by atoms with Crippen LogP contribution in [0.15, 0.2) is 36.4 Å². The number of amides is 1. The van der Waals surface area contributed by atoms with Crippen LogP contribution in [0.25, 0.3) is 0 Å². The molecule has 3 heterocycles. The van der Waals surface area contributed by atoms with Gasteiger partial charge in [-0.2, -0.15) is 18.2 Å². The van der Waals surface area contributed by atoms with E-state index >= 15 is 0 Å². The highest BCUT2D eigenvalue weighted by Crippen LogP contribution is 2.48. The molecule has 2 aliphatic heterocycles. The summed E-state index contributed by atoms with van der Waals surface area (Å²) in [6, 6.07) is 10.0. The largest absolute Gasteiger partial charge is 0.416 e. The van der Waals surface area contributed by atoms with Crippen molar-refractivity contribution in [1.29, 1.82) is 0 Å². The molecule has 210 valence electrons. The number of piperidine rings is 1. The number of aromatic nitrogens is 1. The van der Waals surface area contributed by atoms with Crippen molar-refractivity contribution in [2.45, 2.75) is 87.8 Å². The Morgan fingerprint density at radius 1 is 1.05 bits per heavy atom. The Morgan fingerprint density at radius 3 is 2.64 bits per heavy atom. The molecule has 1 spiro atoms. The summed E-state index contributed by atoms with van der Waals surface area (Å²) < 4.78 is 41.8. The van der Waals surface area contributed by atoms with Gasteiger partial charge in [-0.1, -0.05) is 37.5 Å². The highest BCUT2D eigenvalue weighted by Gasteiger charge is 2.54. The monoisotopic (exact) mass is 560 g/mol. The average molecular weight is 561 g/mol. The van der Waals surface area contributed by atoms with Crippen molar-refractivity contribution in [2.24, 2.45) is 11.8 Å². The molecule has 2 aliphatic carbocycles. The van der Waals surface area contributed by atoms with Crippen LogP contribution in [-0.2, 0) is 22.8 Å². The lowest BCUT2D eigenvalue weighted by Crippen LogP contribution is -2.55. The molecule has 2 saturated heterocycles. The van der Waals surface area contributed by atoms with Gasteiger partial charge < -0.3 is 10.2 Å². The van der Waals surface area contributed by atoms with Crippen LogP contribution in [0.1, 0.15) is 86.1 Å². The van der Waals surface area contributed by atoms with Crippen LogP contribution >= 0.6 is 11.6 Å². The van der Waals surface area contributed by atoms with Gasteiger partial charge in [-0.25, -0.2) is 0 Å². The third kappa shape index (κ3) is 4.99. The van der Waals surface area contributed by atoms with Crippen LogP contribution in [0.2, 0.25) is 5.15 Å². The van der Waals surface area contributed by atoms with Gasteiger partial charge in [0.1, 0.15) is 0 Å². The second-order valence-electron chi connectivity index (χ2n) is 12.2. The number of nitrogens with one attached hydrogen (secondary N) is 2. The summed E-state index contributed by atoms with van der Waals surface area (Å²) in [4.78, 5) is 20.0. The number of alkyl halides is 3. The Balaban J connectivity index is 1.32. The van der Waals surface area contributed by atoms with Gasteiger partial charge >= 0.3 is 6.18 Å². The second-order valence-corrected chi connectivity index (χ2v) is 12.6. The molecule has 4 atom stereocenters. The third-order valence-corrected chi connectivity index (χ3v) is 10.4. The third-order valence-electron chi connectivity index (χ3n) is 10.2. The fraction of sp³-hybridized carbons (Fsp3) is 0.613. The van der Waals surface area contributed by atoms with Crippen LogP contribution in [0.5, 0.6) is 0 Å². The molecule has 0 radical (unpaired) electrons. The van der Waals surface area contributed by atoms with Gasteiger partial charge in [0.15, 0.2) is 5.69 Å². The van der Waals surface area contributed by atoms with E-state index in [1.165, 1.54) is 24.1 Å². The molecule has 1 aromatic heterocycles. The smallest absolute Gasteiger partial charge is 0.339 e. The number of nitrogens with zero attached hydrogens (tertiary/aromatic N) is 1. The van der Waals surface area contributed by atoms with Crippen LogP contribution in [-0.4, -0.2) is 36.5 Å². The van der Waals surface area contributed by atoms with Crippen LogP contribution in [0.3, 0.4) is 0 Å². The van der Waals surface area contributed by atoms with Crippen molar-refractivity contribution < 1.29 is 22.9 Å². The van der Waals surface area contributed by atoms with Gasteiger partial charge in [0.25, 0.3) is 5.15 Å². The van der Waals surface area contributed by atoms with E-state index < -0.39 is 11.7 Å². The number of H-pyrrole nitrogens is 1. The molecule has 8 heteroatoms. The minimum atomic E-state index is -4.37. The molecule has 6 rings (SSSR count). The summed E-state index contributed by atoms with van der Waals surface area (Å²) >= 11 is 6.28. The van der Waals surface area contributed by atoms with Crippen LogP contribution in [0, 0.1) is 11.8 Å². The summed E-state index contributed by atoms with van der Waals surface area (Å²) in [7, 11) is 0. The Hall–Kier alpha value is -2.12. The first-order valence-electron chi connectivity index (χ1n) is 14.7. The molecule has 4 nitrogen and oxygen atoms in total. The fourth-order valence-corrected chi connectivity index (χ4v) is 8.52. The van der Waals surface area contributed by atoms with Crippen molar-refractivity contribution in [3.8, 4) is 0 Å². The second kappa shape index (κ2) is 10.7. The normalized spacial score (nSPS) is 29.9. The van der Waals surface area contributed by atoms with Gasteiger partial charge in [-0.05, 0) is 79.7 Å². The van der Waals surface area contributed by atoms with E-state index in [1.807, 2.05) is 6.07 Å². The first kappa shape index (κ1) is 27.1. The summed E-state index contributed by atoms with van der Waals surface area (Å²) in [5.74, 6) is 0.151. The lowest BCUT2D eigenvalue weighted by Gasteiger charge is -2.47. The van der Waals surface area contributed by atoms with Gasteiger partial charge in [0.2, 0.25) is 5.91 Å². The molecule has 3 fully saturated rings. The predicted molar refractivity (Wildman–Crippen MR) is 144 cm³/mol. The molecular weight excluding hydrogens is 523 g/mol. The molecule has 1 saturated carbocycles. The molecular formula is C31H38ClF3N3O+. The molecule has 2 aromatic rings. The number of hydrogen-bond acceptors (Lipinski definition) is 2. The summed E-state index contributed by atoms with van der Waals surface area (Å²) in [6.07, 6.45) is 5.22. The van der Waals surface area contributed by atoms with E-state index in [0.717, 1.165) is 57.2 Å². The number of aryl methyl sites for hydroxylation is 1. The molecule has 0 bridgehead atoms. The number of hydrogen-bond donors (Lipinski definition) is 1. The maximum absolute atomic E-state index is 14.5. The quantitative estimate of drug-likeness (QED) is 0.446. The predicted octanol–water partition coefficient (Wildman–Crippen LogP) is 6.32. The van der Waals surface area contributed by atoms with Gasteiger partial charge in [-0.15, -0.1) is 0 Å². The zero-order valence-corrected chi connectivity index (χ0v) is 23.1. The van der Waals surface area contributed by atoms with E-state index in [-0.39, 0.29) is 29.2 Å². The minimum absolute atomic E-state index is 0.0182. The zero-order valence-electron chi connectivity index (χ0n) is 22.3. The highest BCUT2D eigenvalue weighted by atomic mass is 35.5. The maximum Gasteiger partial charge on any atom is 0.416 e. The van der Waals surface area contributed by atoms with Crippen molar-refractivity contribution in [3.05, 3.63) is 63.9 Å². The van der Waals surface area contributed by atoms with Crippen molar-refractivity contribution >= 4 is 17.5 Å². The lowest BCUT2D eigenvalue weighted by molar-refractivity contribution is -0.390. The lowest BCUT2D eigenvalue weighted by atomic mass is 9.64. The summed E-state index contributed by atoms with van der Waals surface area (Å²) in [6.45, 7) is 1.91. The highest BCUT2D eigenvalue weighted by molar-refractivity contribution is 6.28. The molecule has 1 amide bonds. The zero-order chi connectivity index (χ0) is 27.2. The van der Waals surface area contributed by atoms with E-state index in [4.69, 9.17) is 11.6 Å². The number of halogens is 4. The minimum Gasteiger partial charge on any atom is -0.339 e. The van der Waals surface area contributed by atoms with Gasteiger partial charge in [0, 0.05) is 49.1 Å².